The van der Waals surface area contributed by atoms with Crippen molar-refractivity contribution in [1.29, 1.82) is 0 Å². The standard InChI is InChI=1S/C24H22FN2OS.C2H6.2H2/c1-16-6-3-4-7-18(16)12-13-23(29)27-22-14-19(11-10-17(22)2)24(28)26-21-9-5-8-20(25)15-21;1-2;;/h3-11,14-15H,1,12-13H2,2H3,(H,26,28)(H,27,29);1-2H3;2*1H. The number of carbonyl (C=O) groups excluding carboxylic acids is 1. The Hall–Kier alpha value is -3.05. The molecule has 31 heavy (non-hydrogen) atoms. The van der Waals surface area contributed by atoms with E-state index in [-0.39, 0.29) is 8.76 Å². The lowest BCUT2D eigenvalue weighted by molar-refractivity contribution is 0.102. The van der Waals surface area contributed by atoms with Gasteiger partial charge in [0.15, 0.2) is 0 Å². The minimum Gasteiger partial charge on any atom is -0.350 e. The van der Waals surface area contributed by atoms with Crippen molar-refractivity contribution in [3.8, 4) is 0 Å². The summed E-state index contributed by atoms with van der Waals surface area (Å²) < 4.78 is 13.3. The van der Waals surface area contributed by atoms with Gasteiger partial charge < -0.3 is 10.6 Å². The van der Waals surface area contributed by atoms with Crippen LogP contribution in [0.5, 0.6) is 0 Å². The van der Waals surface area contributed by atoms with Gasteiger partial charge in [-0.1, -0.05) is 62.5 Å². The van der Waals surface area contributed by atoms with Crippen molar-refractivity contribution in [3.05, 3.63) is 102 Å². The lowest BCUT2D eigenvalue weighted by Crippen LogP contribution is -2.15. The maximum Gasteiger partial charge on any atom is 0.255 e. The smallest absolute Gasteiger partial charge is 0.255 e. The molecule has 3 aromatic carbocycles. The third-order valence-corrected chi connectivity index (χ3v) is 4.90. The molecule has 3 aromatic rings. The van der Waals surface area contributed by atoms with Gasteiger partial charge >= 0.3 is 0 Å². The Morgan fingerprint density at radius 3 is 2.48 bits per heavy atom. The quantitative estimate of drug-likeness (QED) is 0.392. The van der Waals surface area contributed by atoms with Gasteiger partial charge in [0.2, 0.25) is 0 Å². The average Bonchev–Trinajstić information content (AvgIpc) is 2.76. The van der Waals surface area contributed by atoms with E-state index in [1.54, 1.807) is 24.3 Å². The molecule has 0 heterocycles. The predicted octanol–water partition coefficient (Wildman–Crippen LogP) is 7.46. The van der Waals surface area contributed by atoms with Gasteiger partial charge in [-0.25, -0.2) is 4.39 Å². The molecule has 165 valence electrons. The molecule has 0 aliphatic heterocycles. The summed E-state index contributed by atoms with van der Waals surface area (Å²) in [6.45, 7) is 9.98. The Morgan fingerprint density at radius 1 is 1.03 bits per heavy atom. The van der Waals surface area contributed by atoms with Crippen LogP contribution in [0.3, 0.4) is 0 Å². The Bertz CT molecular complexity index is 1060. The van der Waals surface area contributed by atoms with Crippen molar-refractivity contribution in [2.24, 2.45) is 0 Å². The van der Waals surface area contributed by atoms with Crippen LogP contribution in [0.2, 0.25) is 0 Å². The number of hydrogen-bond acceptors (Lipinski definition) is 2. The molecule has 0 bridgehead atoms. The molecule has 0 spiro atoms. The summed E-state index contributed by atoms with van der Waals surface area (Å²) in [5.41, 5.74) is 4.80. The Balaban J connectivity index is 0.00000249. The summed E-state index contributed by atoms with van der Waals surface area (Å²) in [5, 5.41) is 5.94. The lowest BCUT2D eigenvalue weighted by atomic mass is 10.0. The first-order valence-corrected chi connectivity index (χ1v) is 10.7. The van der Waals surface area contributed by atoms with Gasteiger partial charge in [0.05, 0.1) is 4.99 Å². The van der Waals surface area contributed by atoms with Crippen molar-refractivity contribution in [2.45, 2.75) is 33.6 Å². The minimum absolute atomic E-state index is 0. The molecule has 0 aliphatic carbocycles. The van der Waals surface area contributed by atoms with Gasteiger partial charge in [0.1, 0.15) is 5.82 Å². The molecule has 1 amide bonds. The zero-order valence-corrected chi connectivity index (χ0v) is 19.0. The molecule has 0 saturated carbocycles. The highest BCUT2D eigenvalue weighted by Crippen LogP contribution is 2.20. The van der Waals surface area contributed by atoms with Gasteiger partial charge in [-0.3, -0.25) is 4.79 Å². The van der Waals surface area contributed by atoms with E-state index >= 15 is 0 Å². The summed E-state index contributed by atoms with van der Waals surface area (Å²) in [7, 11) is 0. The average molecular weight is 440 g/mol. The van der Waals surface area contributed by atoms with Crippen molar-refractivity contribution in [2.75, 3.05) is 10.6 Å². The molecule has 1 radical (unpaired) electrons. The van der Waals surface area contributed by atoms with Crippen LogP contribution in [0, 0.1) is 19.7 Å². The molecule has 3 nitrogen and oxygen atoms in total. The van der Waals surface area contributed by atoms with E-state index in [0.29, 0.717) is 22.7 Å². The number of rotatable bonds is 6. The summed E-state index contributed by atoms with van der Waals surface area (Å²) in [6, 6.07) is 19.1. The summed E-state index contributed by atoms with van der Waals surface area (Å²) in [5.74, 6) is -0.709. The van der Waals surface area contributed by atoms with Gasteiger partial charge in [-0.05, 0) is 67.3 Å². The number of halogens is 1. The highest BCUT2D eigenvalue weighted by molar-refractivity contribution is 7.80. The summed E-state index contributed by atoms with van der Waals surface area (Å²) in [4.78, 5) is 13.2. The van der Waals surface area contributed by atoms with E-state index in [1.807, 2.05) is 51.1 Å². The van der Waals surface area contributed by atoms with E-state index in [2.05, 4.69) is 17.6 Å². The number of nitrogens with one attached hydrogen (secondary N) is 2. The van der Waals surface area contributed by atoms with Crippen LogP contribution in [-0.4, -0.2) is 10.9 Å². The first-order chi connectivity index (χ1) is 14.9. The van der Waals surface area contributed by atoms with Gasteiger partial charge in [-0.2, -0.15) is 0 Å². The number of benzene rings is 3. The maximum absolute atomic E-state index is 13.3. The Labute approximate surface area is 192 Å². The van der Waals surface area contributed by atoms with E-state index < -0.39 is 5.82 Å². The van der Waals surface area contributed by atoms with Crippen LogP contribution in [0.4, 0.5) is 15.8 Å². The fraction of sp³-hybridized carbons (Fsp3) is 0.192. The van der Waals surface area contributed by atoms with Gasteiger partial charge in [0.25, 0.3) is 5.91 Å². The Morgan fingerprint density at radius 2 is 1.77 bits per heavy atom. The highest BCUT2D eigenvalue weighted by atomic mass is 32.1. The van der Waals surface area contributed by atoms with Crippen LogP contribution < -0.4 is 10.6 Å². The molecular formula is C26H32FN2OS. The molecule has 0 aromatic heterocycles. The fourth-order valence-corrected chi connectivity index (χ4v) is 3.14. The number of thiocarbonyl (C=S) groups is 1. The minimum atomic E-state index is -0.400. The SMILES string of the molecule is CC.[CH2]c1ccccc1CCC(=S)Nc1cc(C(=O)Nc2cccc(F)c2)ccc1C.[HH].[HH]. The predicted molar refractivity (Wildman–Crippen MR) is 137 cm³/mol. The third kappa shape index (κ3) is 7.30. The van der Waals surface area contributed by atoms with Crippen molar-refractivity contribution >= 4 is 34.5 Å². The number of anilines is 2. The zero-order valence-electron chi connectivity index (χ0n) is 18.2. The molecule has 0 fully saturated rings. The van der Waals surface area contributed by atoms with Crippen LogP contribution >= 0.6 is 12.2 Å². The van der Waals surface area contributed by atoms with Crippen molar-refractivity contribution < 1.29 is 12.0 Å². The second-order valence-corrected chi connectivity index (χ2v) is 7.30. The van der Waals surface area contributed by atoms with Gasteiger partial charge in [-0.15, -0.1) is 0 Å². The molecule has 5 heteroatoms. The zero-order chi connectivity index (χ0) is 22.8. The molecule has 0 saturated heterocycles. The fourth-order valence-electron chi connectivity index (χ4n) is 2.93. The van der Waals surface area contributed by atoms with Crippen LogP contribution in [-0.2, 0) is 6.42 Å². The Kier molecular flexibility index (Phi) is 9.35. The largest absolute Gasteiger partial charge is 0.350 e. The number of amides is 1. The van der Waals surface area contributed by atoms with E-state index in [9.17, 15) is 9.18 Å². The lowest BCUT2D eigenvalue weighted by Gasteiger charge is -2.13. The van der Waals surface area contributed by atoms with E-state index in [4.69, 9.17) is 12.2 Å². The van der Waals surface area contributed by atoms with Crippen molar-refractivity contribution in [1.82, 2.24) is 0 Å². The normalized spacial score (nSPS) is 9.97. The van der Waals surface area contributed by atoms with Gasteiger partial charge in [0, 0.05) is 26.2 Å². The molecule has 0 unspecified atom stereocenters. The first-order valence-electron chi connectivity index (χ1n) is 10.3. The first kappa shape index (κ1) is 24.2. The summed E-state index contributed by atoms with van der Waals surface area (Å²) >= 11 is 5.49. The molecule has 3 rings (SSSR count). The second kappa shape index (κ2) is 12.0. The topological polar surface area (TPSA) is 41.1 Å². The molecule has 0 aliphatic rings. The van der Waals surface area contributed by atoms with Crippen LogP contribution in [0.1, 0.15) is 50.2 Å². The van der Waals surface area contributed by atoms with E-state index in [1.165, 1.54) is 12.1 Å². The van der Waals surface area contributed by atoms with Crippen molar-refractivity contribution in [3.63, 3.8) is 0 Å². The van der Waals surface area contributed by atoms with E-state index in [0.717, 1.165) is 28.8 Å². The monoisotopic (exact) mass is 439 g/mol. The molecule has 2 N–H and O–H groups in total. The molecular weight excluding hydrogens is 407 g/mol. The highest BCUT2D eigenvalue weighted by Gasteiger charge is 2.10. The third-order valence-electron chi connectivity index (χ3n) is 4.60. The van der Waals surface area contributed by atoms with Crippen LogP contribution in [0.25, 0.3) is 0 Å². The summed E-state index contributed by atoms with van der Waals surface area (Å²) in [6.07, 6.45) is 1.48. The molecule has 0 atom stereocenters. The second-order valence-electron chi connectivity index (χ2n) is 6.81. The van der Waals surface area contributed by atoms with Crippen LogP contribution in [0.15, 0.2) is 66.7 Å². The maximum atomic E-state index is 13.3. The number of carbonyl (C=O) groups is 1. The number of hydrogen-bond donors (Lipinski definition) is 2. The number of aryl methyl sites for hydroxylation is 2.